The quantitative estimate of drug-likeness (QED) is 0.715. The number of amides is 1. The Morgan fingerprint density at radius 1 is 1.00 bits per heavy atom. The first kappa shape index (κ1) is 20.8. The number of nitrogens with zero attached hydrogens (tertiary/aromatic N) is 2. The summed E-state index contributed by atoms with van der Waals surface area (Å²) in [5.41, 5.74) is 1.55. The molecule has 0 bridgehead atoms. The van der Waals surface area contributed by atoms with Crippen molar-refractivity contribution in [2.45, 2.75) is 19.4 Å². The number of rotatable bonds is 9. The molecule has 6 nitrogen and oxygen atoms in total. The molecule has 0 saturated heterocycles. The molecule has 0 unspecified atom stereocenters. The second-order valence-electron chi connectivity index (χ2n) is 6.37. The highest BCUT2D eigenvalue weighted by Gasteiger charge is 2.31. The van der Waals surface area contributed by atoms with Crippen LogP contribution in [0.1, 0.15) is 13.3 Å². The Morgan fingerprint density at radius 2 is 1.52 bits per heavy atom. The number of carbonyl (C=O) groups is 1. The molecule has 0 radical (unpaired) electrons. The van der Waals surface area contributed by atoms with Crippen molar-refractivity contribution in [1.29, 1.82) is 0 Å². The van der Waals surface area contributed by atoms with Crippen LogP contribution in [0.25, 0.3) is 0 Å². The van der Waals surface area contributed by atoms with Gasteiger partial charge in [0, 0.05) is 25.8 Å². The first-order chi connectivity index (χ1) is 12.8. The predicted molar refractivity (Wildman–Crippen MR) is 111 cm³/mol. The number of carbonyl (C=O) groups excluding carboxylic acids is 1. The van der Waals surface area contributed by atoms with Crippen LogP contribution in [0.5, 0.6) is 0 Å². The smallest absolute Gasteiger partial charge is 0.243 e. The Morgan fingerprint density at radius 3 is 2.00 bits per heavy atom. The van der Waals surface area contributed by atoms with Gasteiger partial charge in [0.2, 0.25) is 15.9 Å². The minimum Gasteiger partial charge on any atom is -0.373 e. The van der Waals surface area contributed by atoms with Gasteiger partial charge < -0.3 is 10.2 Å². The molecule has 7 heteroatoms. The van der Waals surface area contributed by atoms with Crippen LogP contribution in [0.2, 0.25) is 0 Å². The van der Waals surface area contributed by atoms with Crippen LogP contribution in [0.3, 0.4) is 0 Å². The van der Waals surface area contributed by atoms with Crippen LogP contribution in [-0.2, 0) is 14.8 Å². The van der Waals surface area contributed by atoms with E-state index in [1.165, 1.54) is 4.31 Å². The Kier molecular flexibility index (Phi) is 7.24. The Labute approximate surface area is 161 Å². The summed E-state index contributed by atoms with van der Waals surface area (Å²) in [4.78, 5) is 14.8. The van der Waals surface area contributed by atoms with Crippen LogP contribution in [0, 0.1) is 0 Å². The number of hydrogen-bond acceptors (Lipinski definition) is 4. The molecule has 0 aliphatic carbocycles. The largest absolute Gasteiger partial charge is 0.373 e. The molecule has 0 aromatic heterocycles. The minimum absolute atomic E-state index is 0.298. The van der Waals surface area contributed by atoms with Crippen molar-refractivity contribution in [3.63, 3.8) is 0 Å². The van der Waals surface area contributed by atoms with E-state index in [-0.39, 0.29) is 5.91 Å². The summed E-state index contributed by atoms with van der Waals surface area (Å²) in [5, 5.41) is 2.87. The molecule has 2 rings (SSSR count). The number of sulfonamides is 1. The Balaban J connectivity index is 2.05. The molecule has 1 atom stereocenters. The van der Waals surface area contributed by atoms with Crippen molar-refractivity contribution in [2.75, 3.05) is 35.6 Å². The molecule has 1 N–H and O–H groups in total. The van der Waals surface area contributed by atoms with Gasteiger partial charge in [0.25, 0.3) is 0 Å². The highest BCUT2D eigenvalue weighted by atomic mass is 32.2. The maximum Gasteiger partial charge on any atom is 0.243 e. The molecule has 2 aromatic rings. The summed E-state index contributed by atoms with van der Waals surface area (Å²) >= 11 is 0. The second kappa shape index (κ2) is 9.41. The molecular weight excluding hydrogens is 362 g/mol. The van der Waals surface area contributed by atoms with Gasteiger partial charge >= 0.3 is 0 Å². The van der Waals surface area contributed by atoms with E-state index in [2.05, 4.69) is 5.32 Å². The van der Waals surface area contributed by atoms with Crippen LogP contribution in [0.15, 0.2) is 60.7 Å². The zero-order valence-electron chi connectivity index (χ0n) is 16.0. The van der Waals surface area contributed by atoms with Gasteiger partial charge in [-0.05, 0) is 30.7 Å². The Bertz CT molecular complexity index is 826. The minimum atomic E-state index is -3.60. The van der Waals surface area contributed by atoms with E-state index in [0.717, 1.165) is 11.9 Å². The highest BCUT2D eigenvalue weighted by Crippen LogP contribution is 2.22. The standard InChI is InChI=1S/C20H27N3O3S/c1-4-19(23(27(3,25)26)18-13-9-6-10-14-18)20(24)21-15-16-22(2)17-11-7-5-8-12-17/h5-14,19H,4,15-16H2,1-3H3,(H,21,24)/t19-/m1/s1. The van der Waals surface area contributed by atoms with Crippen LogP contribution >= 0.6 is 0 Å². The van der Waals surface area contributed by atoms with Gasteiger partial charge in [0.15, 0.2) is 0 Å². The summed E-state index contributed by atoms with van der Waals surface area (Å²) in [6.07, 6.45) is 1.50. The van der Waals surface area contributed by atoms with Crippen molar-refractivity contribution < 1.29 is 13.2 Å². The SMILES string of the molecule is CC[C@H](C(=O)NCCN(C)c1ccccc1)N(c1ccccc1)S(C)(=O)=O. The third-order valence-electron chi connectivity index (χ3n) is 4.28. The Hall–Kier alpha value is -2.54. The molecular formula is C20H27N3O3S. The first-order valence-electron chi connectivity index (χ1n) is 8.93. The van der Waals surface area contributed by atoms with Crippen molar-refractivity contribution in [1.82, 2.24) is 5.32 Å². The lowest BCUT2D eigenvalue weighted by atomic mass is 10.2. The molecule has 27 heavy (non-hydrogen) atoms. The third kappa shape index (κ3) is 5.72. The summed E-state index contributed by atoms with van der Waals surface area (Å²) in [5.74, 6) is -0.298. The molecule has 0 aliphatic heterocycles. The molecule has 0 spiro atoms. The summed E-state index contributed by atoms with van der Waals surface area (Å²) in [6, 6.07) is 17.8. The fourth-order valence-electron chi connectivity index (χ4n) is 2.91. The molecule has 2 aromatic carbocycles. The van der Waals surface area contributed by atoms with Crippen LogP contribution < -0.4 is 14.5 Å². The van der Waals surface area contributed by atoms with Crippen molar-refractivity contribution in [3.05, 3.63) is 60.7 Å². The number of nitrogens with one attached hydrogen (secondary N) is 1. The van der Waals surface area contributed by atoms with E-state index in [0.29, 0.717) is 25.2 Å². The number of benzene rings is 2. The molecule has 146 valence electrons. The summed E-state index contributed by atoms with van der Waals surface area (Å²) in [6.45, 7) is 2.85. The van der Waals surface area contributed by atoms with Crippen molar-refractivity contribution in [3.8, 4) is 0 Å². The molecule has 0 saturated carbocycles. The van der Waals surface area contributed by atoms with Gasteiger partial charge in [-0.1, -0.05) is 43.3 Å². The lowest BCUT2D eigenvalue weighted by Crippen LogP contribution is -2.50. The molecule has 0 fully saturated rings. The van der Waals surface area contributed by atoms with E-state index in [4.69, 9.17) is 0 Å². The number of likely N-dealkylation sites (N-methyl/N-ethyl adjacent to an activating group) is 1. The third-order valence-corrected chi connectivity index (χ3v) is 5.46. The normalized spacial score (nSPS) is 12.3. The van der Waals surface area contributed by atoms with E-state index in [1.54, 1.807) is 24.3 Å². The first-order valence-corrected chi connectivity index (χ1v) is 10.8. The summed E-state index contributed by atoms with van der Waals surface area (Å²) < 4.78 is 25.9. The molecule has 0 aliphatic rings. The lowest BCUT2D eigenvalue weighted by molar-refractivity contribution is -0.122. The van der Waals surface area contributed by atoms with Crippen molar-refractivity contribution in [2.24, 2.45) is 0 Å². The zero-order chi connectivity index (χ0) is 19.9. The topological polar surface area (TPSA) is 69.7 Å². The number of para-hydroxylation sites is 2. The van der Waals surface area contributed by atoms with E-state index < -0.39 is 16.1 Å². The monoisotopic (exact) mass is 389 g/mol. The zero-order valence-corrected chi connectivity index (χ0v) is 16.8. The highest BCUT2D eigenvalue weighted by molar-refractivity contribution is 7.92. The average molecular weight is 390 g/mol. The molecule has 0 heterocycles. The van der Waals surface area contributed by atoms with E-state index in [1.807, 2.05) is 55.3 Å². The van der Waals surface area contributed by atoms with E-state index in [9.17, 15) is 13.2 Å². The fourth-order valence-corrected chi connectivity index (χ4v) is 4.12. The van der Waals surface area contributed by atoms with E-state index >= 15 is 0 Å². The summed E-state index contributed by atoms with van der Waals surface area (Å²) in [7, 11) is -1.65. The lowest BCUT2D eigenvalue weighted by Gasteiger charge is -2.30. The molecule has 1 amide bonds. The fraction of sp³-hybridized carbons (Fsp3) is 0.350. The predicted octanol–water partition coefficient (Wildman–Crippen LogP) is 2.48. The maximum atomic E-state index is 12.7. The maximum absolute atomic E-state index is 12.7. The van der Waals surface area contributed by atoms with Gasteiger partial charge in [-0.2, -0.15) is 0 Å². The van der Waals surface area contributed by atoms with Gasteiger partial charge in [0.05, 0.1) is 11.9 Å². The number of anilines is 2. The second-order valence-corrected chi connectivity index (χ2v) is 8.23. The van der Waals surface area contributed by atoms with Crippen LogP contribution in [-0.4, -0.2) is 46.8 Å². The van der Waals surface area contributed by atoms with Crippen LogP contribution in [0.4, 0.5) is 11.4 Å². The van der Waals surface area contributed by atoms with Gasteiger partial charge in [0.1, 0.15) is 6.04 Å². The van der Waals surface area contributed by atoms with Crippen molar-refractivity contribution >= 4 is 27.3 Å². The van der Waals surface area contributed by atoms with Gasteiger partial charge in [-0.15, -0.1) is 0 Å². The average Bonchev–Trinajstić information content (AvgIpc) is 2.66. The number of hydrogen-bond donors (Lipinski definition) is 1. The van der Waals surface area contributed by atoms with Gasteiger partial charge in [-0.3, -0.25) is 9.10 Å². The van der Waals surface area contributed by atoms with Gasteiger partial charge in [-0.25, -0.2) is 8.42 Å².